The van der Waals surface area contributed by atoms with E-state index in [0.717, 1.165) is 22.5 Å². The molecule has 2 aromatic carbocycles. The van der Waals surface area contributed by atoms with Crippen molar-refractivity contribution in [3.05, 3.63) is 53.8 Å². The van der Waals surface area contributed by atoms with Gasteiger partial charge in [0.25, 0.3) is 0 Å². The van der Waals surface area contributed by atoms with Gasteiger partial charge in [0.2, 0.25) is 0 Å². The zero-order chi connectivity index (χ0) is 18.2. The summed E-state index contributed by atoms with van der Waals surface area (Å²) in [5.74, 6) is -2.60. The maximum Gasteiger partial charge on any atom is 0.331 e. The van der Waals surface area contributed by atoms with Crippen molar-refractivity contribution in [3.63, 3.8) is 0 Å². The first-order valence-electron chi connectivity index (χ1n) is 7.59. The molecule has 0 bridgehead atoms. The van der Waals surface area contributed by atoms with Gasteiger partial charge in [-0.05, 0) is 44.3 Å². The average molecular weight is 408 g/mol. The van der Waals surface area contributed by atoms with Gasteiger partial charge in [0.1, 0.15) is 17.3 Å². The van der Waals surface area contributed by atoms with E-state index >= 15 is 0 Å². The maximum atomic E-state index is 14.3. The van der Waals surface area contributed by atoms with Crippen LogP contribution in [0.4, 0.5) is 30.2 Å². The highest BCUT2D eigenvalue weighted by Crippen LogP contribution is 2.47. The van der Waals surface area contributed by atoms with E-state index < -0.39 is 27.7 Å². The first-order valence-corrected chi connectivity index (χ1v) is 8.99. The van der Waals surface area contributed by atoms with E-state index in [-0.39, 0.29) is 36.0 Å². The Hall–Kier alpha value is -1.97. The summed E-state index contributed by atoms with van der Waals surface area (Å²) in [5, 5.41) is 2.89. The fourth-order valence-corrected chi connectivity index (χ4v) is 4.54. The quantitative estimate of drug-likeness (QED) is 0.773. The molecule has 2 aromatic rings. The second-order valence-electron chi connectivity index (χ2n) is 5.50. The van der Waals surface area contributed by atoms with Crippen LogP contribution in [0.1, 0.15) is 6.42 Å². The smallest absolute Gasteiger partial charge is 0.320 e. The topological polar surface area (TPSA) is 52.6 Å². The molecular weight excluding hydrogens is 391 g/mol. The zero-order valence-electron chi connectivity index (χ0n) is 13.7. The lowest BCUT2D eigenvalue weighted by Gasteiger charge is -2.22. The number of benzene rings is 2. The SMILES string of the molecule is CNCCCN1c2c(F)cccc2N(c2ccc(F)cc2F)S1(=O)=O.Cl. The normalized spacial score (nSPS) is 14.9. The van der Waals surface area contributed by atoms with Crippen LogP contribution in [-0.2, 0) is 10.2 Å². The number of halogens is 4. The van der Waals surface area contributed by atoms with Crippen molar-refractivity contribution in [2.75, 3.05) is 28.7 Å². The molecule has 142 valence electrons. The van der Waals surface area contributed by atoms with Crippen molar-refractivity contribution >= 4 is 39.7 Å². The largest absolute Gasteiger partial charge is 0.331 e. The molecule has 10 heteroatoms. The van der Waals surface area contributed by atoms with Gasteiger partial charge in [0, 0.05) is 12.6 Å². The molecule has 0 spiro atoms. The minimum atomic E-state index is -4.24. The molecule has 0 saturated carbocycles. The molecule has 0 unspecified atom stereocenters. The number of rotatable bonds is 5. The van der Waals surface area contributed by atoms with Crippen molar-refractivity contribution in [3.8, 4) is 0 Å². The van der Waals surface area contributed by atoms with Crippen LogP contribution in [0.2, 0.25) is 0 Å². The third kappa shape index (κ3) is 3.34. The third-order valence-corrected chi connectivity index (χ3v) is 5.64. The molecule has 0 atom stereocenters. The van der Waals surface area contributed by atoms with Gasteiger partial charge in [-0.1, -0.05) is 6.07 Å². The number of nitrogens with one attached hydrogen (secondary N) is 1. The summed E-state index contributed by atoms with van der Waals surface area (Å²) in [6, 6.07) is 6.44. The number of hydrogen-bond donors (Lipinski definition) is 1. The second kappa shape index (κ2) is 7.73. The van der Waals surface area contributed by atoms with Gasteiger partial charge in [0.05, 0.1) is 11.4 Å². The Morgan fingerprint density at radius 2 is 1.77 bits per heavy atom. The molecule has 3 rings (SSSR count). The van der Waals surface area contributed by atoms with Crippen LogP contribution < -0.4 is 13.9 Å². The van der Waals surface area contributed by atoms with Crippen molar-refractivity contribution in [1.29, 1.82) is 0 Å². The standard InChI is InChI=1S/C16H16F3N3O2S.ClH/c1-20-8-3-9-21-16-12(18)4-2-5-15(16)22(25(21,23)24)14-7-6-11(17)10-13(14)19;/h2,4-7,10,20H,3,8-9H2,1H3;1H. The van der Waals surface area contributed by atoms with E-state index in [9.17, 15) is 21.6 Å². The van der Waals surface area contributed by atoms with Crippen LogP contribution in [0.15, 0.2) is 36.4 Å². The van der Waals surface area contributed by atoms with E-state index in [2.05, 4.69) is 5.32 Å². The highest BCUT2D eigenvalue weighted by molar-refractivity contribution is 7.95. The molecule has 0 saturated heterocycles. The minimum Gasteiger partial charge on any atom is -0.320 e. The van der Waals surface area contributed by atoms with Crippen LogP contribution in [0.5, 0.6) is 0 Å². The molecule has 0 amide bonds. The second-order valence-corrected chi connectivity index (χ2v) is 7.21. The van der Waals surface area contributed by atoms with Gasteiger partial charge in [-0.3, -0.25) is 0 Å². The van der Waals surface area contributed by atoms with Gasteiger partial charge in [-0.25, -0.2) is 21.8 Å². The van der Waals surface area contributed by atoms with E-state index in [4.69, 9.17) is 0 Å². The number of fused-ring (bicyclic) bond motifs is 1. The highest BCUT2D eigenvalue weighted by Gasteiger charge is 2.43. The monoisotopic (exact) mass is 407 g/mol. The predicted octanol–water partition coefficient (Wildman–Crippen LogP) is 3.34. The molecule has 0 radical (unpaired) electrons. The van der Waals surface area contributed by atoms with Gasteiger partial charge in [-0.2, -0.15) is 8.42 Å². The molecule has 0 fully saturated rings. The van der Waals surface area contributed by atoms with Crippen LogP contribution >= 0.6 is 12.4 Å². The van der Waals surface area contributed by atoms with Crippen molar-refractivity contribution in [1.82, 2.24) is 5.32 Å². The molecule has 0 aliphatic carbocycles. The summed E-state index contributed by atoms with van der Waals surface area (Å²) in [5.41, 5.74) is -0.498. The lowest BCUT2D eigenvalue weighted by Crippen LogP contribution is -2.37. The van der Waals surface area contributed by atoms with Gasteiger partial charge < -0.3 is 5.32 Å². The van der Waals surface area contributed by atoms with Gasteiger partial charge >= 0.3 is 10.2 Å². The Bertz CT molecular complexity index is 912. The molecule has 5 nitrogen and oxygen atoms in total. The molecule has 1 aliphatic rings. The third-order valence-electron chi connectivity index (χ3n) is 3.86. The number of hydrogen-bond acceptors (Lipinski definition) is 3. The molecule has 1 aliphatic heterocycles. The Morgan fingerprint density at radius 3 is 2.42 bits per heavy atom. The van der Waals surface area contributed by atoms with Crippen molar-refractivity contribution < 1.29 is 21.6 Å². The summed E-state index contributed by atoms with van der Waals surface area (Å²) in [7, 11) is -2.53. The highest BCUT2D eigenvalue weighted by atomic mass is 35.5. The summed E-state index contributed by atoms with van der Waals surface area (Å²) < 4.78 is 69.2. The van der Waals surface area contributed by atoms with Crippen LogP contribution in [0.25, 0.3) is 0 Å². The zero-order valence-corrected chi connectivity index (χ0v) is 15.4. The van der Waals surface area contributed by atoms with Crippen molar-refractivity contribution in [2.24, 2.45) is 0 Å². The fourth-order valence-electron chi connectivity index (χ4n) is 2.78. The van der Waals surface area contributed by atoms with Gasteiger partial charge in [0.15, 0.2) is 5.82 Å². The lowest BCUT2D eigenvalue weighted by atomic mass is 10.2. The molecule has 0 aromatic heterocycles. The minimum absolute atomic E-state index is 0. The summed E-state index contributed by atoms with van der Waals surface area (Å²) >= 11 is 0. The van der Waals surface area contributed by atoms with Crippen molar-refractivity contribution in [2.45, 2.75) is 6.42 Å². The molecule has 26 heavy (non-hydrogen) atoms. The Morgan fingerprint density at radius 1 is 1.04 bits per heavy atom. The summed E-state index contributed by atoms with van der Waals surface area (Å²) in [6.45, 7) is 0.553. The molecule has 1 heterocycles. The molecular formula is C16H17ClF3N3O2S. The number of anilines is 3. The van der Waals surface area contributed by atoms with Crippen LogP contribution in [-0.4, -0.2) is 28.6 Å². The first kappa shape index (κ1) is 20.3. The lowest BCUT2D eigenvalue weighted by molar-refractivity contribution is 0.577. The average Bonchev–Trinajstić information content (AvgIpc) is 2.77. The Kier molecular flexibility index (Phi) is 6.05. The Balaban J connectivity index is 0.00000243. The van der Waals surface area contributed by atoms with Crippen LogP contribution in [0.3, 0.4) is 0 Å². The van der Waals surface area contributed by atoms with E-state index in [1.807, 2.05) is 0 Å². The van der Waals surface area contributed by atoms with Crippen LogP contribution in [0, 0.1) is 17.5 Å². The fraction of sp³-hybridized carbons (Fsp3) is 0.250. The Labute approximate surface area is 156 Å². The number of para-hydroxylation sites is 1. The summed E-state index contributed by atoms with van der Waals surface area (Å²) in [6.07, 6.45) is 0.434. The summed E-state index contributed by atoms with van der Waals surface area (Å²) in [4.78, 5) is 0. The van der Waals surface area contributed by atoms with E-state index in [1.54, 1.807) is 7.05 Å². The number of nitrogens with zero attached hydrogens (tertiary/aromatic N) is 2. The van der Waals surface area contributed by atoms with E-state index in [1.165, 1.54) is 12.1 Å². The maximum absolute atomic E-state index is 14.3. The van der Waals surface area contributed by atoms with Gasteiger partial charge in [-0.15, -0.1) is 12.4 Å². The van der Waals surface area contributed by atoms with E-state index in [0.29, 0.717) is 23.3 Å². The predicted molar refractivity (Wildman–Crippen MR) is 97.0 cm³/mol. The first-order chi connectivity index (χ1) is 11.9. The molecule has 1 N–H and O–H groups in total.